The first-order valence-corrected chi connectivity index (χ1v) is 5.59. The minimum Gasteiger partial charge on any atom is -0.465 e. The van der Waals surface area contributed by atoms with E-state index < -0.39 is 5.97 Å². The summed E-state index contributed by atoms with van der Waals surface area (Å²) in [5, 5.41) is 2.69. The van der Waals surface area contributed by atoms with Gasteiger partial charge in [0.1, 0.15) is 6.54 Å². The summed E-state index contributed by atoms with van der Waals surface area (Å²) >= 11 is 0. The molecule has 0 amide bonds. The van der Waals surface area contributed by atoms with Crippen molar-refractivity contribution in [1.82, 2.24) is 15.0 Å². The number of ether oxygens (including phenoxy) is 2. The number of nitrogens with one attached hydrogen (secondary N) is 1. The minimum atomic E-state index is -0.400. The normalized spacial score (nSPS) is 10.2. The summed E-state index contributed by atoms with van der Waals surface area (Å²) in [6.07, 6.45) is -0.0790. The van der Waals surface area contributed by atoms with Crippen molar-refractivity contribution < 1.29 is 14.3 Å². The van der Waals surface area contributed by atoms with Crippen molar-refractivity contribution in [1.29, 1.82) is 0 Å². The highest BCUT2D eigenvalue weighted by atomic mass is 16.5. The molecular weight excluding hydrogens is 238 g/mol. The number of aromatic nitrogens is 3. The van der Waals surface area contributed by atoms with E-state index in [1.807, 2.05) is 13.8 Å². The van der Waals surface area contributed by atoms with Gasteiger partial charge in [-0.05, 0) is 20.8 Å². The van der Waals surface area contributed by atoms with E-state index in [4.69, 9.17) is 15.2 Å². The van der Waals surface area contributed by atoms with Gasteiger partial charge in [0.05, 0.1) is 12.7 Å². The predicted molar refractivity (Wildman–Crippen MR) is 65.1 cm³/mol. The standard InChI is InChI=1S/C10H17N5O3/c1-4-17-7(16)5-12-9-13-8(11)14-10(15-9)18-6(2)3/h6H,4-5H2,1-3H3,(H3,11,12,13,14,15). The van der Waals surface area contributed by atoms with Crippen LogP contribution in [0.3, 0.4) is 0 Å². The fourth-order valence-electron chi connectivity index (χ4n) is 1.08. The summed E-state index contributed by atoms with van der Waals surface area (Å²) in [5.74, 6) is -0.207. The highest BCUT2D eigenvalue weighted by molar-refractivity contribution is 5.74. The number of carbonyl (C=O) groups excluding carboxylic acids is 1. The Morgan fingerprint density at radius 2 is 2.11 bits per heavy atom. The molecule has 1 heterocycles. The number of nitrogen functional groups attached to an aromatic ring is 1. The van der Waals surface area contributed by atoms with Gasteiger partial charge in [0.2, 0.25) is 11.9 Å². The van der Waals surface area contributed by atoms with Crippen LogP contribution >= 0.6 is 0 Å². The van der Waals surface area contributed by atoms with Crippen LogP contribution < -0.4 is 15.8 Å². The molecule has 0 unspecified atom stereocenters. The first-order chi connectivity index (χ1) is 8.51. The number of carbonyl (C=O) groups is 1. The second kappa shape index (κ2) is 6.58. The predicted octanol–water partition coefficient (Wildman–Crippen LogP) is 0.216. The number of hydrogen-bond acceptors (Lipinski definition) is 8. The van der Waals surface area contributed by atoms with Crippen molar-refractivity contribution in [3.05, 3.63) is 0 Å². The zero-order valence-electron chi connectivity index (χ0n) is 10.6. The summed E-state index contributed by atoms with van der Waals surface area (Å²) in [5.41, 5.74) is 5.50. The Balaban J connectivity index is 2.65. The van der Waals surface area contributed by atoms with E-state index >= 15 is 0 Å². The van der Waals surface area contributed by atoms with Crippen molar-refractivity contribution >= 4 is 17.9 Å². The van der Waals surface area contributed by atoms with Gasteiger partial charge >= 0.3 is 12.0 Å². The monoisotopic (exact) mass is 255 g/mol. The van der Waals surface area contributed by atoms with Gasteiger partial charge in [0, 0.05) is 0 Å². The van der Waals surface area contributed by atoms with Crippen LogP contribution in [-0.4, -0.2) is 40.2 Å². The average molecular weight is 255 g/mol. The van der Waals surface area contributed by atoms with E-state index in [2.05, 4.69) is 20.3 Å². The molecule has 0 saturated heterocycles. The number of rotatable bonds is 6. The average Bonchev–Trinajstić information content (AvgIpc) is 2.25. The topological polar surface area (TPSA) is 112 Å². The molecule has 0 radical (unpaired) electrons. The Morgan fingerprint density at radius 1 is 1.39 bits per heavy atom. The van der Waals surface area contributed by atoms with E-state index in [9.17, 15) is 4.79 Å². The van der Waals surface area contributed by atoms with Crippen molar-refractivity contribution in [3.8, 4) is 6.01 Å². The highest BCUT2D eigenvalue weighted by Crippen LogP contribution is 2.10. The quantitative estimate of drug-likeness (QED) is 0.694. The maximum absolute atomic E-state index is 11.1. The summed E-state index contributed by atoms with van der Waals surface area (Å²) in [6.45, 7) is 5.69. The van der Waals surface area contributed by atoms with Gasteiger partial charge in [-0.15, -0.1) is 0 Å². The number of anilines is 2. The van der Waals surface area contributed by atoms with Crippen molar-refractivity contribution in [3.63, 3.8) is 0 Å². The zero-order chi connectivity index (χ0) is 13.5. The van der Waals surface area contributed by atoms with Crippen LogP contribution in [0.5, 0.6) is 6.01 Å². The van der Waals surface area contributed by atoms with Crippen molar-refractivity contribution in [2.75, 3.05) is 24.2 Å². The largest absolute Gasteiger partial charge is 0.465 e. The van der Waals surface area contributed by atoms with Gasteiger partial charge < -0.3 is 20.5 Å². The third-order valence-electron chi connectivity index (χ3n) is 1.67. The summed E-state index contributed by atoms with van der Waals surface area (Å²) < 4.78 is 10.0. The van der Waals surface area contributed by atoms with Crippen LogP contribution in [-0.2, 0) is 9.53 Å². The van der Waals surface area contributed by atoms with E-state index in [0.717, 1.165) is 0 Å². The molecular formula is C10H17N5O3. The van der Waals surface area contributed by atoms with Crippen LogP contribution in [0.2, 0.25) is 0 Å². The molecule has 0 spiro atoms. The first-order valence-electron chi connectivity index (χ1n) is 5.59. The van der Waals surface area contributed by atoms with E-state index in [1.54, 1.807) is 6.92 Å². The summed E-state index contributed by atoms with van der Waals surface area (Å²) in [4.78, 5) is 22.8. The van der Waals surface area contributed by atoms with E-state index in [-0.39, 0.29) is 30.6 Å². The minimum absolute atomic E-state index is 0.0204. The number of esters is 1. The second-order valence-electron chi connectivity index (χ2n) is 3.62. The van der Waals surface area contributed by atoms with Gasteiger partial charge in [-0.3, -0.25) is 4.79 Å². The molecule has 1 rings (SSSR count). The third kappa shape index (κ3) is 4.81. The Hall–Kier alpha value is -2.12. The van der Waals surface area contributed by atoms with Gasteiger partial charge in [0.15, 0.2) is 0 Å². The Kier molecular flexibility index (Phi) is 5.09. The smallest absolute Gasteiger partial charge is 0.325 e. The lowest BCUT2D eigenvalue weighted by atomic mass is 10.5. The Bertz CT molecular complexity index is 410. The fraction of sp³-hybridized carbons (Fsp3) is 0.600. The van der Waals surface area contributed by atoms with E-state index in [0.29, 0.717) is 6.61 Å². The molecule has 0 atom stereocenters. The number of hydrogen-bond donors (Lipinski definition) is 2. The molecule has 0 aromatic carbocycles. The molecule has 0 aliphatic carbocycles. The molecule has 8 heteroatoms. The molecule has 18 heavy (non-hydrogen) atoms. The van der Waals surface area contributed by atoms with Crippen LogP contribution in [0, 0.1) is 0 Å². The summed E-state index contributed by atoms with van der Waals surface area (Å²) in [6, 6.07) is 0.115. The first kappa shape index (κ1) is 13.9. The molecule has 0 bridgehead atoms. The van der Waals surface area contributed by atoms with Gasteiger partial charge in [-0.25, -0.2) is 0 Å². The van der Waals surface area contributed by atoms with Crippen molar-refractivity contribution in [2.45, 2.75) is 26.9 Å². The molecule has 1 aromatic rings. The maximum Gasteiger partial charge on any atom is 0.325 e. The molecule has 100 valence electrons. The molecule has 3 N–H and O–H groups in total. The Labute approximate surface area is 105 Å². The lowest BCUT2D eigenvalue weighted by Crippen LogP contribution is -2.19. The SMILES string of the molecule is CCOC(=O)CNc1nc(N)nc(OC(C)C)n1. The lowest BCUT2D eigenvalue weighted by molar-refractivity contribution is -0.140. The van der Waals surface area contributed by atoms with Crippen molar-refractivity contribution in [2.24, 2.45) is 0 Å². The third-order valence-corrected chi connectivity index (χ3v) is 1.67. The number of nitrogens with zero attached hydrogens (tertiary/aromatic N) is 3. The fourth-order valence-corrected chi connectivity index (χ4v) is 1.08. The van der Waals surface area contributed by atoms with Gasteiger partial charge in [-0.1, -0.05) is 0 Å². The van der Waals surface area contributed by atoms with Gasteiger partial charge in [-0.2, -0.15) is 15.0 Å². The molecule has 0 saturated carbocycles. The number of nitrogens with two attached hydrogens (primary N) is 1. The van der Waals surface area contributed by atoms with Crippen LogP contribution in [0.1, 0.15) is 20.8 Å². The lowest BCUT2D eigenvalue weighted by Gasteiger charge is -2.09. The molecule has 8 nitrogen and oxygen atoms in total. The van der Waals surface area contributed by atoms with Crippen LogP contribution in [0.15, 0.2) is 0 Å². The second-order valence-corrected chi connectivity index (χ2v) is 3.62. The maximum atomic E-state index is 11.1. The zero-order valence-corrected chi connectivity index (χ0v) is 10.6. The summed E-state index contributed by atoms with van der Waals surface area (Å²) in [7, 11) is 0. The molecule has 0 fully saturated rings. The van der Waals surface area contributed by atoms with E-state index in [1.165, 1.54) is 0 Å². The molecule has 0 aliphatic heterocycles. The Morgan fingerprint density at radius 3 is 2.72 bits per heavy atom. The molecule has 0 aliphatic rings. The molecule has 1 aromatic heterocycles. The highest BCUT2D eigenvalue weighted by Gasteiger charge is 2.08. The van der Waals surface area contributed by atoms with Gasteiger partial charge in [0.25, 0.3) is 0 Å². The van der Waals surface area contributed by atoms with Crippen LogP contribution in [0.4, 0.5) is 11.9 Å². The van der Waals surface area contributed by atoms with Crippen LogP contribution in [0.25, 0.3) is 0 Å².